The summed E-state index contributed by atoms with van der Waals surface area (Å²) in [5.74, 6) is 0.242. The second-order valence-corrected chi connectivity index (χ2v) is 9.94. The number of thiazole rings is 1. The number of anilines is 1. The van der Waals surface area contributed by atoms with Crippen molar-refractivity contribution < 1.29 is 27.4 Å². The Hall–Kier alpha value is -4.33. The summed E-state index contributed by atoms with van der Waals surface area (Å²) in [6.07, 6.45) is -1.57. The summed E-state index contributed by atoms with van der Waals surface area (Å²) in [4.78, 5) is 17.5. The van der Waals surface area contributed by atoms with E-state index in [0.717, 1.165) is 29.0 Å². The fourth-order valence-corrected chi connectivity index (χ4v) is 4.64. The smallest absolute Gasteiger partial charge is 0.416 e. The van der Waals surface area contributed by atoms with Crippen molar-refractivity contribution in [1.82, 2.24) is 4.98 Å². The molecule has 0 bridgehead atoms. The summed E-state index contributed by atoms with van der Waals surface area (Å²) in [5, 5.41) is 12.5. The lowest BCUT2D eigenvalue weighted by Gasteiger charge is -2.11. The first-order valence-electron chi connectivity index (χ1n) is 11.7. The summed E-state index contributed by atoms with van der Waals surface area (Å²) < 4.78 is 50.5. The van der Waals surface area contributed by atoms with Crippen LogP contribution in [0, 0.1) is 11.3 Å². The van der Waals surface area contributed by atoms with Gasteiger partial charge in [-0.3, -0.25) is 10.1 Å². The highest BCUT2D eigenvalue weighted by molar-refractivity contribution is 7.15. The Bertz CT molecular complexity index is 1580. The van der Waals surface area contributed by atoms with Gasteiger partial charge in [0.25, 0.3) is 5.91 Å². The number of ether oxygens (including phenoxy) is 2. The minimum Gasteiger partial charge on any atom is -0.493 e. The Morgan fingerprint density at radius 1 is 1.12 bits per heavy atom. The molecule has 0 atom stereocenters. The van der Waals surface area contributed by atoms with Crippen molar-refractivity contribution in [2.75, 3.05) is 12.4 Å². The van der Waals surface area contributed by atoms with E-state index in [-0.39, 0.29) is 27.7 Å². The zero-order chi connectivity index (χ0) is 28.7. The predicted molar refractivity (Wildman–Crippen MR) is 147 cm³/mol. The zero-order valence-electron chi connectivity index (χ0n) is 21.0. The molecule has 204 valence electrons. The summed E-state index contributed by atoms with van der Waals surface area (Å²) in [6, 6.07) is 19.6. The molecule has 0 spiro atoms. The van der Waals surface area contributed by atoms with Crippen LogP contribution in [0.4, 0.5) is 18.3 Å². The number of hydrogen-bond acceptors (Lipinski definition) is 6. The fraction of sp³-hybridized carbons (Fsp3) is 0.138. The molecule has 4 rings (SSSR count). The highest BCUT2D eigenvalue weighted by atomic mass is 35.5. The molecular formula is C29H21ClF3N3O3S. The predicted octanol–water partition coefficient (Wildman–Crippen LogP) is 7.54. The SMILES string of the molecule is COc1cc(/C=C(\C#N)C(=O)Nc2ncc(Cc3cc(C(F)(F)F)ccc3Cl)s2)ccc1OCc1ccccc1. The molecule has 1 N–H and O–H groups in total. The van der Waals surface area contributed by atoms with Crippen LogP contribution in [0.25, 0.3) is 6.08 Å². The standard InChI is InChI=1S/C29H21ClF3N3O3S/c1-38-26-12-19(7-10-25(26)39-17-18-5-3-2-4-6-18)11-21(15-34)27(37)36-28-35-16-23(40-28)14-20-13-22(29(31,32)33)8-9-24(20)30/h2-13,16H,14,17H2,1H3,(H,35,36,37)/b21-11+. The number of nitrogens with one attached hydrogen (secondary N) is 1. The largest absolute Gasteiger partial charge is 0.493 e. The first-order valence-corrected chi connectivity index (χ1v) is 12.9. The molecular weight excluding hydrogens is 563 g/mol. The average Bonchev–Trinajstić information content (AvgIpc) is 3.38. The third kappa shape index (κ3) is 7.40. The average molecular weight is 584 g/mol. The van der Waals surface area contributed by atoms with Gasteiger partial charge in [0.15, 0.2) is 16.6 Å². The van der Waals surface area contributed by atoms with Gasteiger partial charge in [0.05, 0.1) is 12.7 Å². The van der Waals surface area contributed by atoms with Crippen molar-refractivity contribution in [1.29, 1.82) is 5.26 Å². The highest BCUT2D eigenvalue weighted by Crippen LogP contribution is 2.34. The number of benzene rings is 3. The van der Waals surface area contributed by atoms with Gasteiger partial charge in [0.1, 0.15) is 18.2 Å². The van der Waals surface area contributed by atoms with Gasteiger partial charge < -0.3 is 9.47 Å². The fourth-order valence-electron chi connectivity index (χ4n) is 3.63. The molecule has 40 heavy (non-hydrogen) atoms. The van der Waals surface area contributed by atoms with E-state index in [1.54, 1.807) is 18.2 Å². The van der Waals surface area contributed by atoms with Crippen LogP contribution in [0.2, 0.25) is 5.02 Å². The van der Waals surface area contributed by atoms with E-state index in [2.05, 4.69) is 10.3 Å². The Morgan fingerprint density at radius 3 is 2.60 bits per heavy atom. The van der Waals surface area contributed by atoms with Gasteiger partial charge in [-0.15, -0.1) is 11.3 Å². The number of nitrogens with zero attached hydrogens (tertiary/aromatic N) is 2. The Morgan fingerprint density at radius 2 is 1.90 bits per heavy atom. The van der Waals surface area contributed by atoms with E-state index in [4.69, 9.17) is 21.1 Å². The van der Waals surface area contributed by atoms with Crippen LogP contribution in [-0.2, 0) is 24.0 Å². The van der Waals surface area contributed by atoms with Crippen molar-refractivity contribution in [3.63, 3.8) is 0 Å². The summed E-state index contributed by atoms with van der Waals surface area (Å²) in [6.45, 7) is 0.341. The van der Waals surface area contributed by atoms with E-state index >= 15 is 0 Å². The van der Waals surface area contributed by atoms with Gasteiger partial charge in [-0.05, 0) is 53.1 Å². The number of nitriles is 1. The molecule has 11 heteroatoms. The van der Waals surface area contributed by atoms with Crippen LogP contribution in [0.5, 0.6) is 11.5 Å². The van der Waals surface area contributed by atoms with E-state index in [9.17, 15) is 23.2 Å². The molecule has 0 fully saturated rings. The molecule has 1 heterocycles. The molecule has 0 aliphatic heterocycles. The highest BCUT2D eigenvalue weighted by Gasteiger charge is 2.31. The minimum atomic E-state index is -4.49. The van der Waals surface area contributed by atoms with Crippen molar-refractivity contribution >= 4 is 40.1 Å². The van der Waals surface area contributed by atoms with Crippen LogP contribution in [0.1, 0.15) is 27.1 Å². The lowest BCUT2D eigenvalue weighted by Crippen LogP contribution is -2.13. The van der Waals surface area contributed by atoms with E-state index in [1.807, 2.05) is 36.4 Å². The number of aromatic nitrogens is 1. The molecule has 3 aromatic carbocycles. The van der Waals surface area contributed by atoms with Crippen LogP contribution >= 0.6 is 22.9 Å². The van der Waals surface area contributed by atoms with Crippen LogP contribution in [0.3, 0.4) is 0 Å². The zero-order valence-corrected chi connectivity index (χ0v) is 22.5. The Kier molecular flexibility index (Phi) is 9.09. The maximum atomic E-state index is 13.1. The molecule has 0 unspecified atom stereocenters. The van der Waals surface area contributed by atoms with Gasteiger partial charge in [0.2, 0.25) is 0 Å². The van der Waals surface area contributed by atoms with E-state index in [0.29, 0.717) is 28.5 Å². The monoisotopic (exact) mass is 583 g/mol. The number of alkyl halides is 3. The topological polar surface area (TPSA) is 84.2 Å². The molecule has 0 aliphatic carbocycles. The molecule has 0 radical (unpaired) electrons. The molecule has 6 nitrogen and oxygen atoms in total. The van der Waals surface area contributed by atoms with Crippen LogP contribution in [0.15, 0.2) is 78.5 Å². The van der Waals surface area contributed by atoms with Gasteiger partial charge >= 0.3 is 6.18 Å². The van der Waals surface area contributed by atoms with Gasteiger partial charge in [0, 0.05) is 22.5 Å². The van der Waals surface area contributed by atoms with Crippen molar-refractivity contribution in [2.45, 2.75) is 19.2 Å². The third-order valence-electron chi connectivity index (χ3n) is 5.61. The molecule has 0 aliphatic rings. The molecule has 1 amide bonds. The number of methoxy groups -OCH3 is 1. The van der Waals surface area contributed by atoms with Crippen LogP contribution in [-0.4, -0.2) is 18.0 Å². The molecule has 0 saturated heterocycles. The quantitative estimate of drug-likeness (QED) is 0.163. The maximum Gasteiger partial charge on any atom is 0.416 e. The van der Waals surface area contributed by atoms with Gasteiger partial charge in [-0.1, -0.05) is 48.0 Å². The number of carbonyl (C=O) groups excluding carboxylic acids is 1. The first-order chi connectivity index (χ1) is 19.2. The van der Waals surface area contributed by atoms with Crippen LogP contribution < -0.4 is 14.8 Å². The van der Waals surface area contributed by atoms with Crippen molar-refractivity contribution in [2.24, 2.45) is 0 Å². The minimum absolute atomic E-state index is 0.0930. The summed E-state index contributed by atoms with van der Waals surface area (Å²) in [5.41, 5.74) is 0.814. The number of rotatable bonds is 9. The van der Waals surface area contributed by atoms with Crippen molar-refractivity contribution in [3.05, 3.63) is 111 Å². The van der Waals surface area contributed by atoms with E-state index < -0.39 is 17.6 Å². The lowest BCUT2D eigenvalue weighted by molar-refractivity contribution is -0.137. The number of carbonyl (C=O) groups is 1. The molecule has 1 aromatic heterocycles. The maximum absolute atomic E-state index is 13.1. The van der Waals surface area contributed by atoms with Crippen molar-refractivity contribution in [3.8, 4) is 17.6 Å². The number of hydrogen-bond donors (Lipinski definition) is 1. The molecule has 4 aromatic rings. The normalized spacial score (nSPS) is 11.6. The summed E-state index contributed by atoms with van der Waals surface area (Å²) in [7, 11) is 1.49. The second kappa shape index (κ2) is 12.7. The third-order valence-corrected chi connectivity index (χ3v) is 6.89. The van der Waals surface area contributed by atoms with Gasteiger partial charge in [-0.2, -0.15) is 18.4 Å². The number of halogens is 4. The second-order valence-electron chi connectivity index (χ2n) is 8.42. The summed E-state index contributed by atoms with van der Waals surface area (Å²) >= 11 is 7.16. The first kappa shape index (κ1) is 28.7. The Labute approximate surface area is 237 Å². The lowest BCUT2D eigenvalue weighted by atomic mass is 10.1. The molecule has 0 saturated carbocycles. The Balaban J connectivity index is 1.44. The number of amides is 1. The van der Waals surface area contributed by atoms with Gasteiger partial charge in [-0.25, -0.2) is 4.98 Å². The van der Waals surface area contributed by atoms with E-state index in [1.165, 1.54) is 25.4 Å².